The lowest BCUT2D eigenvalue weighted by atomic mass is 9.85. The Labute approximate surface area is 101 Å². The lowest BCUT2D eigenvalue weighted by Gasteiger charge is -2.20. The summed E-state index contributed by atoms with van der Waals surface area (Å²) in [4.78, 5) is 0. The van der Waals surface area contributed by atoms with Crippen LogP contribution in [0.25, 0.3) is 0 Å². The topological polar surface area (TPSA) is 0 Å². The predicted molar refractivity (Wildman–Crippen MR) is 71.4 cm³/mol. The minimum atomic E-state index is 0.826. The van der Waals surface area contributed by atoms with Crippen molar-refractivity contribution in [1.82, 2.24) is 0 Å². The minimum absolute atomic E-state index is 0.826. The van der Waals surface area contributed by atoms with Gasteiger partial charge in [-0.2, -0.15) is 0 Å². The van der Waals surface area contributed by atoms with Gasteiger partial charge in [0.05, 0.1) is 0 Å². The molecule has 0 aromatic rings. The highest BCUT2D eigenvalue weighted by Crippen LogP contribution is 2.43. The highest BCUT2D eigenvalue weighted by atomic mass is 14.4. The molecule has 90 valence electrons. The van der Waals surface area contributed by atoms with Crippen LogP contribution in [0.1, 0.15) is 58.8 Å². The molecular weight excluding hydrogens is 192 g/mol. The summed E-state index contributed by atoms with van der Waals surface area (Å²) in [5.74, 6) is 2.61. The molecular formula is C16H26. The number of hydrogen-bond donors (Lipinski definition) is 0. The fraction of sp³-hybridized carbons (Fsp3) is 0.750. The summed E-state index contributed by atoms with van der Waals surface area (Å²) >= 11 is 0. The fourth-order valence-corrected chi connectivity index (χ4v) is 3.41. The van der Waals surface area contributed by atoms with E-state index in [1.54, 1.807) is 5.57 Å². The van der Waals surface area contributed by atoms with Crippen LogP contribution in [0.3, 0.4) is 0 Å². The van der Waals surface area contributed by atoms with Crippen LogP contribution < -0.4 is 0 Å². The Bertz CT molecular complexity index is 270. The van der Waals surface area contributed by atoms with Crippen LogP contribution in [0.15, 0.2) is 23.8 Å². The summed E-state index contributed by atoms with van der Waals surface area (Å²) in [6.45, 7) is 4.77. The summed E-state index contributed by atoms with van der Waals surface area (Å²) in [7, 11) is 0. The molecule has 0 N–H and O–H groups in total. The maximum atomic E-state index is 2.45. The van der Waals surface area contributed by atoms with E-state index < -0.39 is 0 Å². The zero-order chi connectivity index (χ0) is 11.4. The maximum absolute atomic E-state index is 2.45. The van der Waals surface area contributed by atoms with Crippen LogP contribution in [0.4, 0.5) is 0 Å². The van der Waals surface area contributed by atoms with E-state index in [4.69, 9.17) is 0 Å². The Morgan fingerprint density at radius 3 is 2.75 bits per heavy atom. The number of fused-ring (bicyclic) bond motifs is 1. The zero-order valence-electron chi connectivity index (χ0n) is 10.9. The van der Waals surface area contributed by atoms with E-state index in [0.717, 1.165) is 17.8 Å². The van der Waals surface area contributed by atoms with Gasteiger partial charge in [-0.3, -0.25) is 0 Å². The standard InChI is InChI=1S/C16H26/c1-13(2)15-12-11-14-9-7-5-3-4-6-8-10-16(14)15/h6,8,10,13-15H,3-5,7,9,11-12H2,1-2H3/b8-6-,16-10+. The van der Waals surface area contributed by atoms with E-state index in [1.807, 2.05) is 0 Å². The molecule has 0 aromatic carbocycles. The van der Waals surface area contributed by atoms with Crippen molar-refractivity contribution in [3.8, 4) is 0 Å². The average Bonchev–Trinajstić information content (AvgIpc) is 2.67. The van der Waals surface area contributed by atoms with Gasteiger partial charge in [-0.1, -0.05) is 50.5 Å². The third kappa shape index (κ3) is 2.78. The fourth-order valence-electron chi connectivity index (χ4n) is 3.41. The molecule has 16 heavy (non-hydrogen) atoms. The van der Waals surface area contributed by atoms with Crippen LogP contribution in [0.5, 0.6) is 0 Å². The Morgan fingerprint density at radius 2 is 1.94 bits per heavy atom. The van der Waals surface area contributed by atoms with E-state index >= 15 is 0 Å². The molecule has 2 unspecified atom stereocenters. The Morgan fingerprint density at radius 1 is 1.06 bits per heavy atom. The van der Waals surface area contributed by atoms with E-state index in [2.05, 4.69) is 32.1 Å². The third-order valence-corrected chi connectivity index (χ3v) is 4.38. The summed E-state index contributed by atoms with van der Waals surface area (Å²) in [6, 6.07) is 0. The first kappa shape index (κ1) is 12.0. The number of rotatable bonds is 1. The second-order valence-electron chi connectivity index (χ2n) is 5.86. The van der Waals surface area contributed by atoms with E-state index in [0.29, 0.717) is 0 Å². The molecule has 0 aliphatic heterocycles. The highest BCUT2D eigenvalue weighted by molar-refractivity contribution is 5.22. The summed E-state index contributed by atoms with van der Waals surface area (Å²) in [5.41, 5.74) is 1.77. The monoisotopic (exact) mass is 218 g/mol. The zero-order valence-corrected chi connectivity index (χ0v) is 10.9. The quantitative estimate of drug-likeness (QED) is 0.573. The van der Waals surface area contributed by atoms with Crippen molar-refractivity contribution in [2.45, 2.75) is 58.8 Å². The van der Waals surface area contributed by atoms with Gasteiger partial charge in [-0.25, -0.2) is 0 Å². The summed E-state index contributed by atoms with van der Waals surface area (Å²) < 4.78 is 0. The second kappa shape index (κ2) is 5.70. The highest BCUT2D eigenvalue weighted by Gasteiger charge is 2.31. The molecule has 0 spiro atoms. The number of allylic oxidation sites excluding steroid dienone is 4. The molecule has 0 aromatic heterocycles. The van der Waals surface area contributed by atoms with Gasteiger partial charge in [0.2, 0.25) is 0 Å². The summed E-state index contributed by atoms with van der Waals surface area (Å²) in [6.07, 6.45) is 17.0. The molecule has 1 fully saturated rings. The SMILES string of the molecule is CC(C)C1CCC2CCCCC/C=C\C=C/21. The van der Waals surface area contributed by atoms with E-state index in [1.165, 1.54) is 44.9 Å². The smallest absolute Gasteiger partial charge is 0.0174 e. The van der Waals surface area contributed by atoms with Gasteiger partial charge in [0.25, 0.3) is 0 Å². The normalized spacial score (nSPS) is 36.6. The molecule has 2 atom stereocenters. The molecule has 0 saturated heterocycles. The predicted octanol–water partition coefficient (Wildman–Crippen LogP) is 5.12. The molecule has 2 aliphatic carbocycles. The summed E-state index contributed by atoms with van der Waals surface area (Å²) in [5, 5.41) is 0. The van der Waals surface area contributed by atoms with Gasteiger partial charge < -0.3 is 0 Å². The van der Waals surface area contributed by atoms with Gasteiger partial charge in [-0.05, 0) is 49.9 Å². The minimum Gasteiger partial charge on any atom is -0.0845 e. The van der Waals surface area contributed by atoms with Crippen molar-refractivity contribution in [3.63, 3.8) is 0 Å². The Balaban J connectivity index is 2.14. The van der Waals surface area contributed by atoms with Gasteiger partial charge >= 0.3 is 0 Å². The van der Waals surface area contributed by atoms with Crippen LogP contribution in [0.2, 0.25) is 0 Å². The van der Waals surface area contributed by atoms with Crippen molar-refractivity contribution < 1.29 is 0 Å². The van der Waals surface area contributed by atoms with Crippen LogP contribution >= 0.6 is 0 Å². The molecule has 0 nitrogen and oxygen atoms in total. The van der Waals surface area contributed by atoms with Gasteiger partial charge in [-0.15, -0.1) is 0 Å². The molecule has 2 aliphatic rings. The molecule has 0 bridgehead atoms. The molecule has 0 heterocycles. The molecule has 0 heteroatoms. The average molecular weight is 218 g/mol. The lowest BCUT2D eigenvalue weighted by molar-refractivity contribution is 0.451. The van der Waals surface area contributed by atoms with Crippen LogP contribution in [-0.2, 0) is 0 Å². The first-order valence-corrected chi connectivity index (χ1v) is 7.15. The van der Waals surface area contributed by atoms with Gasteiger partial charge in [0.1, 0.15) is 0 Å². The van der Waals surface area contributed by atoms with Crippen LogP contribution in [-0.4, -0.2) is 0 Å². The first-order valence-electron chi connectivity index (χ1n) is 7.15. The van der Waals surface area contributed by atoms with Crippen molar-refractivity contribution >= 4 is 0 Å². The molecule has 1 saturated carbocycles. The van der Waals surface area contributed by atoms with Crippen molar-refractivity contribution in [1.29, 1.82) is 0 Å². The third-order valence-electron chi connectivity index (χ3n) is 4.38. The van der Waals surface area contributed by atoms with Crippen molar-refractivity contribution in [3.05, 3.63) is 23.8 Å². The first-order chi connectivity index (χ1) is 7.79. The largest absolute Gasteiger partial charge is 0.0845 e. The molecule has 0 radical (unpaired) electrons. The van der Waals surface area contributed by atoms with Gasteiger partial charge in [0.15, 0.2) is 0 Å². The van der Waals surface area contributed by atoms with Crippen molar-refractivity contribution in [2.24, 2.45) is 17.8 Å². The molecule has 2 rings (SSSR count). The van der Waals surface area contributed by atoms with E-state index in [9.17, 15) is 0 Å². The Kier molecular flexibility index (Phi) is 4.26. The van der Waals surface area contributed by atoms with Crippen molar-refractivity contribution in [2.75, 3.05) is 0 Å². The second-order valence-corrected chi connectivity index (χ2v) is 5.86. The van der Waals surface area contributed by atoms with E-state index in [-0.39, 0.29) is 0 Å². The maximum Gasteiger partial charge on any atom is -0.0174 e. The molecule has 0 amide bonds. The van der Waals surface area contributed by atoms with Crippen LogP contribution in [0, 0.1) is 17.8 Å². The van der Waals surface area contributed by atoms with Gasteiger partial charge in [0, 0.05) is 0 Å². The lowest BCUT2D eigenvalue weighted by Crippen LogP contribution is -2.09. The number of hydrogen-bond acceptors (Lipinski definition) is 0. The Hall–Kier alpha value is -0.520.